The minimum atomic E-state index is -0.916. The van der Waals surface area contributed by atoms with Crippen LogP contribution < -0.4 is 5.73 Å². The number of rotatable bonds is 9. The molecule has 150 valence electrons. The molecule has 1 rings (SSSR count). The summed E-state index contributed by atoms with van der Waals surface area (Å²) in [6, 6.07) is 8.52. The highest BCUT2D eigenvalue weighted by Crippen LogP contribution is 2.19. The third-order valence-corrected chi connectivity index (χ3v) is 3.93. The van der Waals surface area contributed by atoms with Crippen LogP contribution in [-0.4, -0.2) is 29.4 Å². The highest BCUT2D eigenvalue weighted by molar-refractivity contribution is 5.90. The van der Waals surface area contributed by atoms with Crippen molar-refractivity contribution in [1.82, 2.24) is 0 Å². The number of ether oxygens (including phenoxy) is 2. The summed E-state index contributed by atoms with van der Waals surface area (Å²) in [5.41, 5.74) is 6.04. The van der Waals surface area contributed by atoms with Crippen molar-refractivity contribution < 1.29 is 23.9 Å². The Kier molecular flexibility index (Phi) is 8.63. The maximum atomic E-state index is 12.5. The molecule has 0 saturated heterocycles. The van der Waals surface area contributed by atoms with Gasteiger partial charge in [0.1, 0.15) is 12.2 Å². The Hall–Kier alpha value is -2.21. The summed E-state index contributed by atoms with van der Waals surface area (Å²) in [5.74, 6) is -2.39. The summed E-state index contributed by atoms with van der Waals surface area (Å²) >= 11 is 0. The van der Waals surface area contributed by atoms with Crippen molar-refractivity contribution in [3.8, 4) is 0 Å². The maximum Gasteiger partial charge on any atom is 0.310 e. The lowest BCUT2D eigenvalue weighted by atomic mass is 9.91. The van der Waals surface area contributed by atoms with E-state index in [9.17, 15) is 14.4 Å². The van der Waals surface area contributed by atoms with Crippen LogP contribution in [0.3, 0.4) is 0 Å². The van der Waals surface area contributed by atoms with E-state index in [1.807, 2.05) is 44.2 Å². The molecule has 0 saturated carbocycles. The molecule has 0 bridgehead atoms. The van der Waals surface area contributed by atoms with E-state index in [0.717, 1.165) is 5.56 Å². The average Bonchev–Trinajstić information content (AvgIpc) is 2.57. The summed E-state index contributed by atoms with van der Waals surface area (Å²) in [6.07, 6.45) is -0.367. The lowest BCUT2D eigenvalue weighted by molar-refractivity contribution is -0.162. The van der Waals surface area contributed by atoms with Gasteiger partial charge in [0.05, 0.1) is 18.4 Å². The topological polar surface area (TPSA) is 95.7 Å². The van der Waals surface area contributed by atoms with E-state index >= 15 is 0 Å². The van der Waals surface area contributed by atoms with Gasteiger partial charge >= 0.3 is 11.9 Å². The smallest absolute Gasteiger partial charge is 0.310 e. The van der Waals surface area contributed by atoms with Gasteiger partial charge in [-0.2, -0.15) is 0 Å². The van der Waals surface area contributed by atoms with Gasteiger partial charge in [-0.25, -0.2) is 0 Å². The van der Waals surface area contributed by atoms with Crippen LogP contribution in [0.15, 0.2) is 30.3 Å². The number of hydrogen-bond donors (Lipinski definition) is 1. The number of hydrogen-bond acceptors (Lipinski definition) is 6. The van der Waals surface area contributed by atoms with E-state index in [1.165, 1.54) is 0 Å². The third-order valence-electron chi connectivity index (χ3n) is 3.93. The normalized spacial score (nSPS) is 13.7. The van der Waals surface area contributed by atoms with Crippen LogP contribution >= 0.6 is 0 Å². The molecule has 0 fully saturated rings. The van der Waals surface area contributed by atoms with Crippen LogP contribution in [0.25, 0.3) is 0 Å². The molecule has 0 unspecified atom stereocenters. The molecule has 0 heterocycles. The first kappa shape index (κ1) is 22.8. The first-order valence-electron chi connectivity index (χ1n) is 9.20. The molecule has 1 aromatic rings. The number of Topliss-reactive ketones (excluding diaryl/α,β-unsaturated/α-hetero) is 1. The Bertz CT molecular complexity index is 634. The monoisotopic (exact) mass is 377 g/mol. The molecule has 6 nitrogen and oxygen atoms in total. The van der Waals surface area contributed by atoms with Crippen LogP contribution in [0.2, 0.25) is 0 Å². The van der Waals surface area contributed by atoms with E-state index in [2.05, 4.69) is 0 Å². The van der Waals surface area contributed by atoms with Crippen LogP contribution in [0.1, 0.15) is 53.0 Å². The lowest BCUT2D eigenvalue weighted by Gasteiger charge is -2.22. The van der Waals surface area contributed by atoms with Crippen LogP contribution in [0.5, 0.6) is 0 Å². The standard InChI is InChI=1S/C21H31NO5/c1-14(2)19(22)17(23)11-16(12-18(24)27-21(3,4)5)20(25)26-13-15-9-7-6-8-10-15/h6-10,14,16,19H,11-13,22H2,1-5H3/t16-,19+/m1/s1. The molecule has 0 aliphatic carbocycles. The van der Waals surface area contributed by atoms with Crippen LogP contribution in [-0.2, 0) is 30.5 Å². The molecule has 0 radical (unpaired) electrons. The van der Waals surface area contributed by atoms with Crippen molar-refractivity contribution in [2.45, 2.75) is 65.7 Å². The van der Waals surface area contributed by atoms with Crippen molar-refractivity contribution >= 4 is 17.7 Å². The van der Waals surface area contributed by atoms with Gasteiger partial charge in [-0.15, -0.1) is 0 Å². The van der Waals surface area contributed by atoms with Gasteiger partial charge in [-0.3, -0.25) is 14.4 Å². The molecular weight excluding hydrogens is 346 g/mol. The SMILES string of the molecule is CC(C)[C@H](N)C(=O)C[C@H](CC(=O)OC(C)(C)C)C(=O)OCc1ccccc1. The fourth-order valence-electron chi connectivity index (χ4n) is 2.42. The first-order chi connectivity index (χ1) is 12.5. The van der Waals surface area contributed by atoms with Crippen LogP contribution in [0, 0.1) is 11.8 Å². The summed E-state index contributed by atoms with van der Waals surface area (Å²) in [4.78, 5) is 37.0. The Morgan fingerprint density at radius 3 is 2.15 bits per heavy atom. The Morgan fingerprint density at radius 2 is 1.63 bits per heavy atom. The molecule has 6 heteroatoms. The Balaban J connectivity index is 2.80. The molecule has 27 heavy (non-hydrogen) atoms. The maximum absolute atomic E-state index is 12.5. The minimum absolute atomic E-state index is 0.0555. The molecule has 0 amide bonds. The quantitative estimate of drug-likeness (QED) is 0.665. The van der Waals surface area contributed by atoms with Gasteiger partial charge < -0.3 is 15.2 Å². The van der Waals surface area contributed by atoms with Crippen molar-refractivity contribution in [2.24, 2.45) is 17.6 Å². The third kappa shape index (κ3) is 8.82. The number of ketones is 1. The van der Waals surface area contributed by atoms with E-state index in [0.29, 0.717) is 0 Å². The van der Waals surface area contributed by atoms with Gasteiger partial charge in [0.25, 0.3) is 0 Å². The van der Waals surface area contributed by atoms with Crippen LogP contribution in [0.4, 0.5) is 0 Å². The molecule has 0 spiro atoms. The van der Waals surface area contributed by atoms with Gasteiger partial charge in [-0.05, 0) is 32.3 Å². The van der Waals surface area contributed by atoms with E-state index in [-0.39, 0.29) is 31.1 Å². The zero-order chi connectivity index (χ0) is 20.6. The van der Waals surface area contributed by atoms with Gasteiger partial charge in [0.2, 0.25) is 0 Å². The van der Waals surface area contributed by atoms with Gasteiger partial charge in [0.15, 0.2) is 5.78 Å². The average molecular weight is 377 g/mol. The fourth-order valence-corrected chi connectivity index (χ4v) is 2.42. The van der Waals surface area contributed by atoms with Crippen molar-refractivity contribution in [3.63, 3.8) is 0 Å². The van der Waals surface area contributed by atoms with E-state index in [1.54, 1.807) is 20.8 Å². The molecule has 1 aromatic carbocycles. The predicted molar refractivity (Wildman–Crippen MR) is 103 cm³/mol. The number of carbonyl (C=O) groups is 3. The predicted octanol–water partition coefficient (Wildman–Crippen LogP) is 3.02. The second kappa shape index (κ2) is 10.2. The van der Waals surface area contributed by atoms with E-state index in [4.69, 9.17) is 15.2 Å². The Labute approximate surface area is 161 Å². The molecule has 0 aliphatic rings. The minimum Gasteiger partial charge on any atom is -0.461 e. The number of esters is 2. The Morgan fingerprint density at radius 1 is 1.04 bits per heavy atom. The number of nitrogens with two attached hydrogens (primary N) is 1. The molecule has 0 aliphatic heterocycles. The van der Waals surface area contributed by atoms with Crippen molar-refractivity contribution in [1.29, 1.82) is 0 Å². The highest BCUT2D eigenvalue weighted by Gasteiger charge is 2.31. The summed E-state index contributed by atoms with van der Waals surface area (Å²) < 4.78 is 10.6. The molecule has 2 N–H and O–H groups in total. The zero-order valence-electron chi connectivity index (χ0n) is 16.9. The highest BCUT2D eigenvalue weighted by atomic mass is 16.6. The fraction of sp³-hybridized carbons (Fsp3) is 0.571. The number of carbonyl (C=O) groups excluding carboxylic acids is 3. The van der Waals surface area contributed by atoms with E-state index < -0.39 is 29.5 Å². The molecular formula is C21H31NO5. The molecule has 2 atom stereocenters. The van der Waals surface area contributed by atoms with Gasteiger partial charge in [-0.1, -0.05) is 44.2 Å². The van der Waals surface area contributed by atoms with Gasteiger partial charge in [0, 0.05) is 6.42 Å². The second-order valence-corrected chi connectivity index (χ2v) is 8.02. The summed E-state index contributed by atoms with van der Waals surface area (Å²) in [6.45, 7) is 8.97. The van der Waals surface area contributed by atoms with Crippen molar-refractivity contribution in [3.05, 3.63) is 35.9 Å². The van der Waals surface area contributed by atoms with Crippen molar-refractivity contribution in [2.75, 3.05) is 0 Å². The zero-order valence-corrected chi connectivity index (χ0v) is 16.9. The number of benzene rings is 1. The summed E-state index contributed by atoms with van der Waals surface area (Å²) in [5, 5.41) is 0. The first-order valence-corrected chi connectivity index (χ1v) is 9.20. The second-order valence-electron chi connectivity index (χ2n) is 8.02. The summed E-state index contributed by atoms with van der Waals surface area (Å²) in [7, 11) is 0. The lowest BCUT2D eigenvalue weighted by Crippen LogP contribution is -2.38. The largest absolute Gasteiger partial charge is 0.461 e. The molecule has 0 aromatic heterocycles.